The minimum absolute atomic E-state index is 0.0281. The van der Waals surface area contributed by atoms with E-state index in [-0.39, 0.29) is 41.8 Å². The minimum Gasteiger partial charge on any atom is -0.481 e. The zero-order valence-electron chi connectivity index (χ0n) is 26.3. The number of aliphatic carboxylic acids is 1. The molecular formula is C35H42N4O8. The van der Waals surface area contributed by atoms with Crippen LogP contribution in [0.1, 0.15) is 67.6 Å². The number of amides is 1. The van der Waals surface area contributed by atoms with Crippen LogP contribution >= 0.6 is 0 Å². The fraction of sp³-hybridized carbons (Fsp3) is 0.429. The number of benzene rings is 3. The highest BCUT2D eigenvalue weighted by atomic mass is 16.7. The maximum absolute atomic E-state index is 12.4. The molecule has 2 fully saturated rings. The van der Waals surface area contributed by atoms with Gasteiger partial charge in [0.05, 0.1) is 23.7 Å². The third-order valence-corrected chi connectivity index (χ3v) is 8.64. The number of piperazine rings is 1. The lowest BCUT2D eigenvalue weighted by Gasteiger charge is -2.41. The van der Waals surface area contributed by atoms with Gasteiger partial charge in [0.25, 0.3) is 5.69 Å². The number of unbranched alkanes of at least 4 members (excludes halogenated alkanes) is 2. The molecule has 0 spiro atoms. The Bertz CT molecular complexity index is 1470. The molecule has 1 amide bonds. The zero-order valence-corrected chi connectivity index (χ0v) is 26.3. The molecular weight excluding hydrogens is 604 g/mol. The van der Waals surface area contributed by atoms with E-state index in [1.54, 1.807) is 24.3 Å². The van der Waals surface area contributed by atoms with E-state index in [4.69, 9.17) is 14.6 Å². The predicted octanol–water partition coefficient (Wildman–Crippen LogP) is 5.43. The van der Waals surface area contributed by atoms with Crippen molar-refractivity contribution in [2.75, 3.05) is 42.9 Å². The van der Waals surface area contributed by atoms with Gasteiger partial charge in [-0.25, -0.2) is 0 Å². The number of non-ortho nitro benzene ring substituents is 1. The first kappa shape index (κ1) is 34.0. The normalized spacial score (nSPS) is 20.1. The number of carbonyl (C=O) groups excluding carboxylic acids is 1. The highest BCUT2D eigenvalue weighted by Crippen LogP contribution is 2.38. The lowest BCUT2D eigenvalue weighted by molar-refractivity contribution is -0.384. The van der Waals surface area contributed by atoms with Gasteiger partial charge in [-0.3, -0.25) is 24.6 Å². The molecule has 3 N–H and O–H groups in total. The van der Waals surface area contributed by atoms with E-state index < -0.39 is 12.3 Å². The first-order valence-corrected chi connectivity index (χ1v) is 16.1. The lowest BCUT2D eigenvalue weighted by Crippen LogP contribution is -2.49. The maximum Gasteiger partial charge on any atom is 0.303 e. The molecule has 12 heteroatoms. The summed E-state index contributed by atoms with van der Waals surface area (Å²) >= 11 is 0. The number of rotatable bonds is 14. The quantitative estimate of drug-likeness (QED) is 0.117. The third kappa shape index (κ3) is 9.82. The van der Waals surface area contributed by atoms with Crippen molar-refractivity contribution >= 4 is 28.9 Å². The van der Waals surface area contributed by atoms with E-state index in [1.807, 2.05) is 48.5 Å². The van der Waals surface area contributed by atoms with Crippen LogP contribution in [0.15, 0.2) is 72.8 Å². The number of carbonyl (C=O) groups is 2. The third-order valence-electron chi connectivity index (χ3n) is 8.64. The number of nitro groups is 1. The molecule has 0 aromatic heterocycles. The second-order valence-corrected chi connectivity index (χ2v) is 12.0. The van der Waals surface area contributed by atoms with Crippen LogP contribution in [0.5, 0.6) is 0 Å². The molecule has 47 heavy (non-hydrogen) atoms. The van der Waals surface area contributed by atoms with Crippen molar-refractivity contribution in [1.29, 1.82) is 0 Å². The number of carboxylic acid groups (broad SMARTS) is 1. The summed E-state index contributed by atoms with van der Waals surface area (Å²) in [6, 6.07) is 21.9. The first-order chi connectivity index (χ1) is 22.8. The molecule has 2 saturated heterocycles. The van der Waals surface area contributed by atoms with Crippen LogP contribution in [0.3, 0.4) is 0 Å². The summed E-state index contributed by atoms with van der Waals surface area (Å²) in [6.07, 6.45) is 2.06. The second-order valence-electron chi connectivity index (χ2n) is 12.0. The van der Waals surface area contributed by atoms with Gasteiger partial charge in [0.1, 0.15) is 0 Å². The van der Waals surface area contributed by atoms with Gasteiger partial charge in [0, 0.05) is 81.1 Å². The highest BCUT2D eigenvalue weighted by molar-refractivity contribution is 5.90. The Labute approximate surface area is 274 Å². The van der Waals surface area contributed by atoms with Gasteiger partial charge in [0.15, 0.2) is 6.29 Å². The maximum atomic E-state index is 12.4. The summed E-state index contributed by atoms with van der Waals surface area (Å²) in [4.78, 5) is 38.3. The molecule has 12 nitrogen and oxygen atoms in total. The van der Waals surface area contributed by atoms with E-state index >= 15 is 0 Å². The molecule has 2 heterocycles. The largest absolute Gasteiger partial charge is 0.481 e. The standard InChI is InChI=1S/C35H42N4O8/c40-24-25-6-8-26(9-7-25)32-22-31(23-37-18-20-38(21-19-37)29-14-16-30(17-15-29)39(44)45)46-35(47-32)27-10-12-28(13-11-27)36-33(41)4-2-1-3-5-34(42)43/h6-17,31-32,35,40H,1-5,18-24H2,(H,36,41)(H,42,43). The Hall–Kier alpha value is -4.36. The summed E-state index contributed by atoms with van der Waals surface area (Å²) in [5.41, 5.74) is 4.40. The molecule has 0 aliphatic carbocycles. The van der Waals surface area contributed by atoms with Crippen molar-refractivity contribution in [2.45, 2.75) is 63.6 Å². The monoisotopic (exact) mass is 646 g/mol. The van der Waals surface area contributed by atoms with Crippen molar-refractivity contribution in [2.24, 2.45) is 0 Å². The van der Waals surface area contributed by atoms with Crippen LogP contribution in [0, 0.1) is 10.1 Å². The molecule has 2 aliphatic rings. The molecule has 0 saturated carbocycles. The number of aliphatic hydroxyl groups is 1. The number of nitrogens with zero attached hydrogens (tertiary/aromatic N) is 3. The minimum atomic E-state index is -0.822. The number of anilines is 2. The van der Waals surface area contributed by atoms with Crippen LogP contribution in [-0.4, -0.2) is 70.7 Å². The Morgan fingerprint density at radius 3 is 2.15 bits per heavy atom. The van der Waals surface area contributed by atoms with Crippen LogP contribution in [0.25, 0.3) is 0 Å². The van der Waals surface area contributed by atoms with Gasteiger partial charge in [0.2, 0.25) is 5.91 Å². The second kappa shape index (κ2) is 16.5. The van der Waals surface area contributed by atoms with Crippen LogP contribution in [0.2, 0.25) is 0 Å². The van der Waals surface area contributed by atoms with Crippen molar-refractivity contribution in [1.82, 2.24) is 4.90 Å². The topological polar surface area (TPSA) is 155 Å². The van der Waals surface area contributed by atoms with Crippen LogP contribution < -0.4 is 10.2 Å². The number of nitrogens with one attached hydrogen (secondary N) is 1. The molecule has 5 rings (SSSR count). The highest BCUT2D eigenvalue weighted by Gasteiger charge is 2.34. The average molecular weight is 647 g/mol. The van der Waals surface area contributed by atoms with Crippen molar-refractivity contribution in [3.63, 3.8) is 0 Å². The van der Waals surface area contributed by atoms with Gasteiger partial charge in [-0.2, -0.15) is 0 Å². The molecule has 250 valence electrons. The van der Waals surface area contributed by atoms with Crippen LogP contribution in [0.4, 0.5) is 17.1 Å². The van der Waals surface area contributed by atoms with Gasteiger partial charge in [-0.1, -0.05) is 42.8 Å². The van der Waals surface area contributed by atoms with E-state index in [2.05, 4.69) is 15.1 Å². The Morgan fingerprint density at radius 1 is 0.851 bits per heavy atom. The summed E-state index contributed by atoms with van der Waals surface area (Å²) in [6.45, 7) is 3.94. The fourth-order valence-corrected chi connectivity index (χ4v) is 5.98. The number of ether oxygens (including phenoxy) is 2. The smallest absolute Gasteiger partial charge is 0.303 e. The number of hydrogen-bond acceptors (Lipinski definition) is 9. The zero-order chi connectivity index (χ0) is 33.2. The average Bonchev–Trinajstić information content (AvgIpc) is 3.08. The van der Waals surface area contributed by atoms with Gasteiger partial charge in [-0.15, -0.1) is 0 Å². The molecule has 3 atom stereocenters. The molecule has 3 unspecified atom stereocenters. The Kier molecular flexibility index (Phi) is 11.9. The lowest BCUT2D eigenvalue weighted by atomic mass is 9.99. The van der Waals surface area contributed by atoms with E-state index in [0.717, 1.165) is 55.1 Å². The summed E-state index contributed by atoms with van der Waals surface area (Å²) in [5, 5.41) is 32.2. The van der Waals surface area contributed by atoms with E-state index in [0.29, 0.717) is 37.8 Å². The van der Waals surface area contributed by atoms with Crippen molar-refractivity contribution in [3.05, 3.63) is 99.6 Å². The molecule has 3 aromatic carbocycles. The fourth-order valence-electron chi connectivity index (χ4n) is 5.98. The van der Waals surface area contributed by atoms with Gasteiger partial charge < -0.3 is 29.9 Å². The summed E-state index contributed by atoms with van der Waals surface area (Å²) in [5.74, 6) is -0.934. The summed E-state index contributed by atoms with van der Waals surface area (Å²) in [7, 11) is 0. The molecule has 0 radical (unpaired) electrons. The predicted molar refractivity (Wildman–Crippen MR) is 176 cm³/mol. The molecule has 2 aliphatic heterocycles. The molecule has 0 bridgehead atoms. The molecule has 3 aromatic rings. The van der Waals surface area contributed by atoms with Crippen molar-refractivity contribution < 1.29 is 34.2 Å². The summed E-state index contributed by atoms with van der Waals surface area (Å²) < 4.78 is 13.0. The van der Waals surface area contributed by atoms with Gasteiger partial charge in [-0.05, 0) is 48.2 Å². The van der Waals surface area contributed by atoms with Crippen LogP contribution in [-0.2, 0) is 25.7 Å². The van der Waals surface area contributed by atoms with E-state index in [9.17, 15) is 24.8 Å². The number of hydrogen-bond donors (Lipinski definition) is 3. The Balaban J connectivity index is 1.19. The van der Waals surface area contributed by atoms with Gasteiger partial charge >= 0.3 is 5.97 Å². The number of nitro benzene ring substituents is 1. The SMILES string of the molecule is O=C(O)CCCCCC(=O)Nc1ccc(C2OC(CN3CCN(c4ccc([N+](=O)[O-])cc4)CC3)CC(c3ccc(CO)cc3)O2)cc1. The number of aliphatic hydroxyl groups excluding tert-OH is 1. The Morgan fingerprint density at radius 2 is 1.51 bits per heavy atom. The van der Waals surface area contributed by atoms with Crippen molar-refractivity contribution in [3.8, 4) is 0 Å². The first-order valence-electron chi connectivity index (χ1n) is 16.1. The van der Waals surface area contributed by atoms with E-state index in [1.165, 1.54) is 0 Å². The number of carboxylic acids is 1.